The second kappa shape index (κ2) is 17.2. The Labute approximate surface area is 361 Å². The van der Waals surface area contributed by atoms with Crippen molar-refractivity contribution in [2.75, 3.05) is 18.9 Å². The van der Waals surface area contributed by atoms with E-state index in [-0.39, 0.29) is 24.5 Å². The van der Waals surface area contributed by atoms with Gasteiger partial charge in [-0.15, -0.1) is 11.3 Å². The van der Waals surface area contributed by atoms with E-state index in [4.69, 9.17) is 4.98 Å². The van der Waals surface area contributed by atoms with E-state index in [2.05, 4.69) is 27.6 Å². The maximum absolute atomic E-state index is 13.5. The molecule has 4 aliphatic rings. The van der Waals surface area contributed by atoms with Crippen molar-refractivity contribution in [3.63, 3.8) is 0 Å². The molecule has 1 unspecified atom stereocenters. The lowest BCUT2D eigenvalue weighted by atomic mass is 9.80. The Morgan fingerprint density at radius 1 is 0.919 bits per heavy atom. The van der Waals surface area contributed by atoms with E-state index in [9.17, 15) is 42.3 Å². The van der Waals surface area contributed by atoms with Crippen LogP contribution in [0.2, 0.25) is 0 Å². The predicted molar refractivity (Wildman–Crippen MR) is 227 cm³/mol. The number of nitrogens with one attached hydrogen (secondary N) is 2. The van der Waals surface area contributed by atoms with Gasteiger partial charge in [0, 0.05) is 36.2 Å². The molecule has 0 radical (unpaired) electrons. The van der Waals surface area contributed by atoms with Crippen molar-refractivity contribution in [2.24, 2.45) is 11.8 Å². The van der Waals surface area contributed by atoms with Gasteiger partial charge in [-0.1, -0.05) is 18.2 Å². The standard InChI is InChI=1S/C46H51F3N6O6S/c1-45(2,61)31-22-34-36(23-33(31)51-40(57)32-8-5-9-37(50-32)46(47,48)49)62-42(52-34)28-16-11-26(12-17-28)24-54(3)29-18-13-25(14-19-29)10-15-27-6-4-7-30-39(27)44(60)55(43(30)59)35-20-21-38(56)53-41(35)58/h4-9,22-23,25-26,28-29,35,61H,10-21,24H2,1-3H3,(H,51,57)(H,53,56,58). The Kier molecular flexibility index (Phi) is 12.1. The molecule has 4 aromatic rings. The number of amides is 5. The van der Waals surface area contributed by atoms with Crippen molar-refractivity contribution in [3.05, 3.63) is 87.2 Å². The number of anilines is 1. The van der Waals surface area contributed by atoms with E-state index in [1.54, 1.807) is 49.4 Å². The number of piperidine rings is 1. The molecule has 1 saturated heterocycles. The van der Waals surface area contributed by atoms with Gasteiger partial charge in [-0.25, -0.2) is 9.97 Å². The van der Waals surface area contributed by atoms with Gasteiger partial charge in [-0.05, 0) is 139 Å². The number of halogens is 3. The van der Waals surface area contributed by atoms with Crippen LogP contribution in [-0.2, 0) is 27.8 Å². The van der Waals surface area contributed by atoms with E-state index >= 15 is 0 Å². The second-order valence-corrected chi connectivity index (χ2v) is 19.1. The van der Waals surface area contributed by atoms with Gasteiger partial charge in [0.25, 0.3) is 17.7 Å². The molecular weight excluding hydrogens is 822 g/mol. The monoisotopic (exact) mass is 872 g/mol. The molecule has 2 aromatic carbocycles. The van der Waals surface area contributed by atoms with E-state index in [0.29, 0.717) is 52.2 Å². The maximum Gasteiger partial charge on any atom is 0.433 e. The largest absolute Gasteiger partial charge is 0.433 e. The van der Waals surface area contributed by atoms with Crippen LogP contribution in [0.5, 0.6) is 0 Å². The van der Waals surface area contributed by atoms with Crippen LogP contribution in [0.15, 0.2) is 48.5 Å². The highest BCUT2D eigenvalue weighted by Gasteiger charge is 2.45. The van der Waals surface area contributed by atoms with E-state index in [1.807, 2.05) is 6.07 Å². The number of rotatable bonds is 11. The van der Waals surface area contributed by atoms with Gasteiger partial charge in [-0.2, -0.15) is 13.2 Å². The lowest BCUT2D eigenvalue weighted by Crippen LogP contribution is -2.54. The Morgan fingerprint density at radius 3 is 2.32 bits per heavy atom. The fraction of sp³-hybridized carbons (Fsp3) is 0.500. The average Bonchev–Trinajstić information content (AvgIpc) is 3.77. The highest BCUT2D eigenvalue weighted by molar-refractivity contribution is 7.18. The summed E-state index contributed by atoms with van der Waals surface area (Å²) >= 11 is 1.54. The first-order valence-electron chi connectivity index (χ1n) is 21.5. The molecule has 4 heterocycles. The number of thiazole rings is 1. The van der Waals surface area contributed by atoms with Crippen molar-refractivity contribution in [1.29, 1.82) is 0 Å². The predicted octanol–water partition coefficient (Wildman–Crippen LogP) is 7.99. The van der Waals surface area contributed by atoms with Crippen LogP contribution < -0.4 is 10.6 Å². The first-order chi connectivity index (χ1) is 29.4. The molecule has 3 N–H and O–H groups in total. The minimum atomic E-state index is -4.69. The lowest BCUT2D eigenvalue weighted by molar-refractivity contribution is -0.141. The number of aliphatic hydroxyl groups is 1. The third kappa shape index (κ3) is 9.04. The minimum Gasteiger partial charge on any atom is -0.386 e. The number of aromatic nitrogens is 2. The van der Waals surface area contributed by atoms with Crippen molar-refractivity contribution < 1.29 is 42.3 Å². The number of benzene rings is 2. The summed E-state index contributed by atoms with van der Waals surface area (Å²) in [6.45, 7) is 4.19. The van der Waals surface area contributed by atoms with Crippen LogP contribution in [-0.4, -0.2) is 80.1 Å². The fourth-order valence-corrected chi connectivity index (χ4v) is 11.0. The third-order valence-corrected chi connectivity index (χ3v) is 14.5. The van der Waals surface area contributed by atoms with Gasteiger partial charge in [0.2, 0.25) is 11.8 Å². The number of carbonyl (C=O) groups is 5. The van der Waals surface area contributed by atoms with Crippen LogP contribution in [0.1, 0.15) is 143 Å². The summed E-state index contributed by atoms with van der Waals surface area (Å²) in [5.74, 6) is -1.39. The molecular formula is C46H51F3N6O6S. The molecule has 2 saturated carbocycles. The Balaban J connectivity index is 0.825. The maximum atomic E-state index is 13.5. The molecule has 1 atom stereocenters. The van der Waals surface area contributed by atoms with E-state index < -0.39 is 53.0 Å². The molecule has 2 aliphatic heterocycles. The first kappa shape index (κ1) is 43.6. The van der Waals surface area contributed by atoms with Crippen molar-refractivity contribution >= 4 is 56.8 Å². The van der Waals surface area contributed by atoms with Crippen LogP contribution in [0.25, 0.3) is 10.2 Å². The summed E-state index contributed by atoms with van der Waals surface area (Å²) in [4.78, 5) is 76.2. The molecule has 0 bridgehead atoms. The first-order valence-corrected chi connectivity index (χ1v) is 22.3. The molecule has 12 nitrogen and oxygen atoms in total. The number of carbonyl (C=O) groups excluding carboxylic acids is 5. The van der Waals surface area contributed by atoms with Gasteiger partial charge in [0.1, 0.15) is 17.4 Å². The molecule has 0 spiro atoms. The number of alkyl halides is 3. The topological polar surface area (TPSA) is 162 Å². The molecule has 5 amide bonds. The Hall–Kier alpha value is -5.06. The number of hydrogen-bond donors (Lipinski definition) is 3. The lowest BCUT2D eigenvalue weighted by Gasteiger charge is -2.38. The van der Waals surface area contributed by atoms with E-state index in [1.165, 1.54) is 6.07 Å². The van der Waals surface area contributed by atoms with Crippen molar-refractivity contribution in [1.82, 2.24) is 25.1 Å². The van der Waals surface area contributed by atoms with Gasteiger partial charge in [0.15, 0.2) is 0 Å². The highest BCUT2D eigenvalue weighted by atomic mass is 32.1. The summed E-state index contributed by atoms with van der Waals surface area (Å²) in [5, 5.41) is 17.0. The van der Waals surface area contributed by atoms with Gasteiger partial charge in [-0.3, -0.25) is 34.2 Å². The summed E-state index contributed by atoms with van der Waals surface area (Å²) in [7, 11) is 2.23. The van der Waals surface area contributed by atoms with Crippen LogP contribution >= 0.6 is 11.3 Å². The highest BCUT2D eigenvalue weighted by Crippen LogP contribution is 2.42. The summed E-state index contributed by atoms with van der Waals surface area (Å²) in [6.07, 6.45) is 5.63. The molecule has 2 aliphatic carbocycles. The molecule has 2 aromatic heterocycles. The zero-order valence-electron chi connectivity index (χ0n) is 35.0. The average molecular weight is 873 g/mol. The fourth-order valence-electron chi connectivity index (χ4n) is 9.86. The number of fused-ring (bicyclic) bond motifs is 2. The zero-order chi connectivity index (χ0) is 44.1. The molecule has 3 fully saturated rings. The van der Waals surface area contributed by atoms with Crippen molar-refractivity contribution in [3.8, 4) is 0 Å². The van der Waals surface area contributed by atoms with Gasteiger partial charge >= 0.3 is 6.18 Å². The normalized spacial score (nSPS) is 23.5. The van der Waals surface area contributed by atoms with Crippen molar-refractivity contribution in [2.45, 2.75) is 121 Å². The quantitative estimate of drug-likeness (QED) is 0.127. The summed E-state index contributed by atoms with van der Waals surface area (Å²) in [5.41, 5.74) is 0.0203. The number of aryl methyl sites for hydroxylation is 1. The summed E-state index contributed by atoms with van der Waals surface area (Å²) in [6, 6.07) is 11.5. The number of nitrogens with zero attached hydrogens (tertiary/aromatic N) is 4. The van der Waals surface area contributed by atoms with Crippen LogP contribution in [0.4, 0.5) is 18.9 Å². The number of imide groups is 2. The minimum absolute atomic E-state index is 0.0856. The van der Waals surface area contributed by atoms with Crippen LogP contribution in [0.3, 0.4) is 0 Å². The third-order valence-electron chi connectivity index (χ3n) is 13.3. The SMILES string of the molecule is CN(CC1CCC(c2nc3cc(C(C)(C)O)c(NC(=O)c4cccc(C(F)(F)F)n4)cc3s2)CC1)C1CCC(CCc2cccc3c2C(=O)N(C2CCC(=O)NC2=O)C3=O)CC1. The van der Waals surface area contributed by atoms with Gasteiger partial charge in [0.05, 0.1) is 32.0 Å². The summed E-state index contributed by atoms with van der Waals surface area (Å²) < 4.78 is 40.6. The smallest absolute Gasteiger partial charge is 0.386 e. The second-order valence-electron chi connectivity index (χ2n) is 18.0. The molecule has 62 heavy (non-hydrogen) atoms. The Bertz CT molecular complexity index is 2410. The number of hydrogen-bond acceptors (Lipinski definition) is 10. The van der Waals surface area contributed by atoms with Crippen LogP contribution in [0, 0.1) is 11.8 Å². The number of pyridine rings is 1. The van der Waals surface area contributed by atoms with E-state index in [0.717, 1.165) is 96.6 Å². The molecule has 8 rings (SSSR count). The Morgan fingerprint density at radius 2 is 1.63 bits per heavy atom. The molecule has 16 heteroatoms. The molecule has 328 valence electrons. The van der Waals surface area contributed by atoms with Gasteiger partial charge < -0.3 is 15.3 Å². The zero-order valence-corrected chi connectivity index (χ0v) is 35.8.